The van der Waals surface area contributed by atoms with E-state index in [0.29, 0.717) is 24.6 Å². The third kappa shape index (κ3) is 3.28. The van der Waals surface area contributed by atoms with Gasteiger partial charge in [-0.15, -0.1) is 0 Å². The molecule has 0 unspecified atom stereocenters. The van der Waals surface area contributed by atoms with Gasteiger partial charge in [-0.05, 0) is 31.0 Å². The van der Waals surface area contributed by atoms with Crippen LogP contribution < -0.4 is 0 Å². The molecule has 1 aromatic carbocycles. The Hall–Kier alpha value is -2.75. The van der Waals surface area contributed by atoms with Crippen LogP contribution in [0.25, 0.3) is 22.4 Å². The smallest absolute Gasteiger partial charge is 0.416 e. The number of fused-ring (bicyclic) bond motifs is 1. The van der Waals surface area contributed by atoms with Gasteiger partial charge in [0.05, 0.1) is 36.3 Å². The Morgan fingerprint density at radius 1 is 1.29 bits per heavy atom. The molecule has 0 radical (unpaired) electrons. The highest BCUT2D eigenvalue weighted by molar-refractivity contribution is 5.77. The average Bonchev–Trinajstić information content (AvgIpc) is 3.04. The van der Waals surface area contributed by atoms with E-state index in [-0.39, 0.29) is 29.1 Å². The molecule has 1 saturated heterocycles. The number of phenolic OH excluding ortho intramolecular Hbond substituents is 1. The first-order valence-corrected chi connectivity index (χ1v) is 8.59. The molecule has 6 nitrogen and oxygen atoms in total. The number of phenols is 1. The molecule has 1 N–H and O–H groups in total. The number of nitrogens with zero attached hydrogens (tertiary/aromatic N) is 4. The summed E-state index contributed by atoms with van der Waals surface area (Å²) in [5, 5.41) is 14.4. The number of aromatic hydroxyl groups is 1. The molecular formula is C18H16F4N4O2. The zero-order valence-corrected chi connectivity index (χ0v) is 14.7. The van der Waals surface area contributed by atoms with Crippen LogP contribution in [-0.4, -0.2) is 44.2 Å². The van der Waals surface area contributed by atoms with Gasteiger partial charge in [0.15, 0.2) is 5.65 Å². The molecule has 10 heteroatoms. The Morgan fingerprint density at radius 3 is 2.75 bits per heavy atom. The molecule has 148 valence electrons. The number of rotatable bonds is 2. The number of halogens is 4. The summed E-state index contributed by atoms with van der Waals surface area (Å²) in [6.45, 7) is 1.86. The molecule has 4 rings (SSSR count). The van der Waals surface area contributed by atoms with E-state index in [9.17, 15) is 22.7 Å². The molecule has 0 bridgehead atoms. The van der Waals surface area contributed by atoms with Crippen LogP contribution in [0, 0.1) is 6.92 Å². The number of alkyl halides is 4. The predicted octanol–water partition coefficient (Wildman–Crippen LogP) is 3.83. The fourth-order valence-corrected chi connectivity index (χ4v) is 3.36. The third-order valence-electron chi connectivity index (χ3n) is 4.74. The Morgan fingerprint density at radius 2 is 2.07 bits per heavy atom. The third-order valence-corrected chi connectivity index (χ3v) is 4.74. The van der Waals surface area contributed by atoms with Crippen LogP contribution in [0.5, 0.6) is 5.75 Å². The lowest BCUT2D eigenvalue weighted by Gasteiger charge is -2.25. The first-order chi connectivity index (χ1) is 13.2. The molecule has 3 aromatic rings. The highest BCUT2D eigenvalue weighted by Crippen LogP contribution is 2.38. The minimum Gasteiger partial charge on any atom is -0.507 e. The molecule has 1 fully saturated rings. The van der Waals surface area contributed by atoms with Crippen LogP contribution in [0.1, 0.15) is 23.6 Å². The molecule has 0 spiro atoms. The minimum atomic E-state index is -4.57. The lowest BCUT2D eigenvalue weighted by atomic mass is 10.0. The van der Waals surface area contributed by atoms with Crippen LogP contribution in [0.2, 0.25) is 0 Å². The minimum absolute atomic E-state index is 0.00833. The summed E-state index contributed by atoms with van der Waals surface area (Å²) < 4.78 is 59.4. The summed E-state index contributed by atoms with van der Waals surface area (Å²) in [5.74, 6) is -0.548. The largest absolute Gasteiger partial charge is 0.507 e. The van der Waals surface area contributed by atoms with Gasteiger partial charge in [0.1, 0.15) is 17.4 Å². The van der Waals surface area contributed by atoms with Crippen LogP contribution in [0.15, 0.2) is 24.5 Å². The van der Waals surface area contributed by atoms with Gasteiger partial charge in [0, 0.05) is 12.2 Å². The van der Waals surface area contributed by atoms with Gasteiger partial charge in [-0.2, -0.15) is 18.3 Å². The van der Waals surface area contributed by atoms with E-state index in [1.54, 1.807) is 6.20 Å². The van der Waals surface area contributed by atoms with E-state index < -0.39 is 29.7 Å². The molecular weight excluding hydrogens is 380 g/mol. The number of benzene rings is 1. The van der Waals surface area contributed by atoms with Crippen molar-refractivity contribution in [2.24, 2.45) is 0 Å². The van der Waals surface area contributed by atoms with Crippen molar-refractivity contribution in [1.29, 1.82) is 0 Å². The normalized spacial score (nSPS) is 20.6. The van der Waals surface area contributed by atoms with Gasteiger partial charge in [0.2, 0.25) is 0 Å². The maximum absolute atomic E-state index is 14.1. The number of ether oxygens (including phenoxy) is 1. The van der Waals surface area contributed by atoms with E-state index >= 15 is 0 Å². The van der Waals surface area contributed by atoms with Crippen molar-refractivity contribution < 1.29 is 27.4 Å². The second-order valence-corrected chi connectivity index (χ2v) is 6.71. The predicted molar refractivity (Wildman–Crippen MR) is 91.5 cm³/mol. The SMILES string of the molecule is Cc1cc(C(F)(F)F)cc(O)c1-c1cnc2cn([C@H]3CCOC[C@@H]3F)nc2n1. The zero-order chi connectivity index (χ0) is 20.1. The lowest BCUT2D eigenvalue weighted by molar-refractivity contribution is -0.137. The quantitative estimate of drug-likeness (QED) is 0.667. The summed E-state index contributed by atoms with van der Waals surface area (Å²) in [4.78, 5) is 8.53. The second-order valence-electron chi connectivity index (χ2n) is 6.71. The fourth-order valence-electron chi connectivity index (χ4n) is 3.36. The molecule has 28 heavy (non-hydrogen) atoms. The molecule has 0 amide bonds. The highest BCUT2D eigenvalue weighted by atomic mass is 19.4. The van der Waals surface area contributed by atoms with Crippen molar-refractivity contribution in [3.8, 4) is 17.0 Å². The van der Waals surface area contributed by atoms with Gasteiger partial charge in [-0.3, -0.25) is 4.68 Å². The van der Waals surface area contributed by atoms with Crippen LogP contribution in [0.3, 0.4) is 0 Å². The molecule has 2 aromatic heterocycles. The van der Waals surface area contributed by atoms with E-state index in [0.717, 1.165) is 6.07 Å². The topological polar surface area (TPSA) is 73.1 Å². The standard InChI is InChI=1S/C18H16F4N4O2/c1-9-4-10(18(20,21)22)5-15(27)16(9)12-6-23-13-7-26(25-17(13)24-12)14-2-3-28-8-11(14)19/h4-7,11,14,27H,2-3,8H2,1H3/t11-,14-/m0/s1. The molecule has 1 aliphatic rings. The number of aryl methyl sites for hydroxylation is 1. The monoisotopic (exact) mass is 396 g/mol. The van der Waals surface area contributed by atoms with E-state index in [2.05, 4.69) is 15.1 Å². The Balaban J connectivity index is 1.74. The maximum Gasteiger partial charge on any atom is 0.416 e. The van der Waals surface area contributed by atoms with E-state index in [4.69, 9.17) is 4.74 Å². The molecule has 3 heterocycles. The van der Waals surface area contributed by atoms with Gasteiger partial charge < -0.3 is 9.84 Å². The van der Waals surface area contributed by atoms with Crippen molar-refractivity contribution in [2.45, 2.75) is 31.7 Å². The fraction of sp³-hybridized carbons (Fsp3) is 0.389. The highest BCUT2D eigenvalue weighted by Gasteiger charge is 2.32. The average molecular weight is 396 g/mol. The summed E-state index contributed by atoms with van der Waals surface area (Å²) >= 11 is 0. The summed E-state index contributed by atoms with van der Waals surface area (Å²) in [6, 6.07) is 1.10. The second kappa shape index (κ2) is 6.69. The lowest BCUT2D eigenvalue weighted by Crippen LogP contribution is -2.31. The first kappa shape index (κ1) is 18.6. The van der Waals surface area contributed by atoms with Crippen LogP contribution >= 0.6 is 0 Å². The summed E-state index contributed by atoms with van der Waals surface area (Å²) in [7, 11) is 0. The summed E-state index contributed by atoms with van der Waals surface area (Å²) in [6.07, 6.45) is -2.39. The van der Waals surface area contributed by atoms with Crippen molar-refractivity contribution >= 4 is 11.2 Å². The number of hydrogen-bond donors (Lipinski definition) is 1. The Bertz CT molecular complexity index is 1010. The number of hydrogen-bond acceptors (Lipinski definition) is 5. The molecule has 0 saturated carbocycles. The van der Waals surface area contributed by atoms with Crippen LogP contribution in [0.4, 0.5) is 17.6 Å². The Kier molecular flexibility index (Phi) is 4.45. The molecule has 2 atom stereocenters. The van der Waals surface area contributed by atoms with Crippen molar-refractivity contribution in [2.75, 3.05) is 13.2 Å². The zero-order valence-electron chi connectivity index (χ0n) is 14.7. The van der Waals surface area contributed by atoms with Crippen LogP contribution in [-0.2, 0) is 10.9 Å². The van der Waals surface area contributed by atoms with Crippen molar-refractivity contribution in [3.63, 3.8) is 0 Å². The number of aromatic nitrogens is 4. The maximum atomic E-state index is 14.1. The van der Waals surface area contributed by atoms with E-state index in [1.807, 2.05) is 0 Å². The van der Waals surface area contributed by atoms with Gasteiger partial charge in [-0.25, -0.2) is 14.4 Å². The van der Waals surface area contributed by atoms with Gasteiger partial charge >= 0.3 is 6.18 Å². The van der Waals surface area contributed by atoms with E-state index in [1.165, 1.54) is 17.8 Å². The molecule has 0 aliphatic carbocycles. The van der Waals surface area contributed by atoms with Crippen molar-refractivity contribution in [3.05, 3.63) is 35.7 Å². The van der Waals surface area contributed by atoms with Crippen molar-refractivity contribution in [1.82, 2.24) is 19.7 Å². The molecule has 1 aliphatic heterocycles. The Labute approximate surface area is 156 Å². The summed E-state index contributed by atoms with van der Waals surface area (Å²) in [5.41, 5.74) is 0.227. The van der Waals surface area contributed by atoms with Gasteiger partial charge in [0.25, 0.3) is 0 Å². The van der Waals surface area contributed by atoms with Gasteiger partial charge in [-0.1, -0.05) is 0 Å². The first-order valence-electron chi connectivity index (χ1n) is 8.59.